The van der Waals surface area contributed by atoms with Crippen molar-refractivity contribution in [2.24, 2.45) is 5.92 Å². The third-order valence-corrected chi connectivity index (χ3v) is 4.82. The second-order valence-corrected chi connectivity index (χ2v) is 6.19. The van der Waals surface area contributed by atoms with Gasteiger partial charge in [0.15, 0.2) is 0 Å². The summed E-state index contributed by atoms with van der Waals surface area (Å²) in [5.41, 5.74) is 2.77. The van der Waals surface area contributed by atoms with Gasteiger partial charge in [-0.05, 0) is 49.9 Å². The van der Waals surface area contributed by atoms with Gasteiger partial charge in [0.05, 0.1) is 0 Å². The number of rotatable bonds is 5. The number of nitrogens with zero attached hydrogens (tertiary/aromatic N) is 1. The van der Waals surface area contributed by atoms with Gasteiger partial charge in [-0.2, -0.15) is 0 Å². The van der Waals surface area contributed by atoms with E-state index in [1.807, 2.05) is 0 Å². The van der Waals surface area contributed by atoms with Crippen LogP contribution >= 0.6 is 0 Å². The summed E-state index contributed by atoms with van der Waals surface area (Å²) in [5.74, 6) is 0.776. The molecule has 0 aliphatic heterocycles. The number of hydrogen-bond donors (Lipinski definition) is 1. The van der Waals surface area contributed by atoms with E-state index in [0.717, 1.165) is 18.9 Å². The summed E-state index contributed by atoms with van der Waals surface area (Å²) in [5, 5.41) is 3.54. The second-order valence-electron chi connectivity index (χ2n) is 6.19. The van der Waals surface area contributed by atoms with Crippen LogP contribution in [0.5, 0.6) is 0 Å². The van der Waals surface area contributed by atoms with Gasteiger partial charge in [0, 0.05) is 25.3 Å². The second kappa shape index (κ2) is 7.68. The van der Waals surface area contributed by atoms with E-state index < -0.39 is 0 Å². The molecule has 0 amide bonds. The van der Waals surface area contributed by atoms with Crippen molar-refractivity contribution in [1.82, 2.24) is 5.32 Å². The highest BCUT2D eigenvalue weighted by Gasteiger charge is 2.23. The number of nitrogens with one attached hydrogen (secondary N) is 1. The van der Waals surface area contributed by atoms with Crippen LogP contribution in [-0.2, 0) is 6.42 Å². The Hall–Kier alpha value is -1.02. The van der Waals surface area contributed by atoms with Gasteiger partial charge in [-0.15, -0.1) is 0 Å². The van der Waals surface area contributed by atoms with Crippen LogP contribution in [0, 0.1) is 5.92 Å². The largest absolute Gasteiger partial charge is 0.374 e. The van der Waals surface area contributed by atoms with E-state index in [2.05, 4.69) is 55.5 Å². The fraction of sp³-hybridized carbons (Fsp3) is 0.667. The molecular formula is C18H30N2. The van der Waals surface area contributed by atoms with Crippen LogP contribution in [-0.4, -0.2) is 26.7 Å². The van der Waals surface area contributed by atoms with Gasteiger partial charge in [0.25, 0.3) is 0 Å². The minimum atomic E-state index is 0.690. The maximum absolute atomic E-state index is 3.54. The molecule has 112 valence electrons. The predicted octanol–water partition coefficient (Wildman–Crippen LogP) is 3.85. The highest BCUT2D eigenvalue weighted by Crippen LogP contribution is 2.25. The third kappa shape index (κ3) is 3.99. The predicted molar refractivity (Wildman–Crippen MR) is 88.5 cm³/mol. The first-order valence-electron chi connectivity index (χ1n) is 8.22. The Kier molecular flexibility index (Phi) is 5.90. The van der Waals surface area contributed by atoms with Crippen LogP contribution in [0.25, 0.3) is 0 Å². The molecule has 1 aliphatic carbocycles. The molecule has 0 bridgehead atoms. The molecule has 2 rings (SSSR count). The van der Waals surface area contributed by atoms with E-state index in [-0.39, 0.29) is 0 Å². The van der Waals surface area contributed by atoms with Gasteiger partial charge >= 0.3 is 0 Å². The molecule has 1 N–H and O–H groups in total. The summed E-state index contributed by atoms with van der Waals surface area (Å²) >= 11 is 0. The summed E-state index contributed by atoms with van der Waals surface area (Å²) in [6.07, 6.45) is 8.01. The van der Waals surface area contributed by atoms with Crippen molar-refractivity contribution < 1.29 is 0 Å². The molecular weight excluding hydrogens is 244 g/mol. The SMILES string of the molecule is CCc1ccc(N(C)CC2CCCCCC2NC)cc1. The van der Waals surface area contributed by atoms with Crippen LogP contribution in [0.4, 0.5) is 5.69 Å². The molecule has 1 saturated carbocycles. The molecule has 2 unspecified atom stereocenters. The molecule has 1 aliphatic rings. The molecule has 0 radical (unpaired) electrons. The average Bonchev–Trinajstić information content (AvgIpc) is 2.72. The fourth-order valence-electron chi connectivity index (χ4n) is 3.43. The Labute approximate surface area is 124 Å². The zero-order chi connectivity index (χ0) is 14.4. The molecule has 0 aromatic heterocycles. The fourth-order valence-corrected chi connectivity index (χ4v) is 3.43. The van der Waals surface area contributed by atoms with E-state index in [9.17, 15) is 0 Å². The normalized spacial score (nSPS) is 23.4. The Morgan fingerprint density at radius 1 is 1.10 bits per heavy atom. The van der Waals surface area contributed by atoms with Crippen LogP contribution in [0.15, 0.2) is 24.3 Å². The number of anilines is 1. The third-order valence-electron chi connectivity index (χ3n) is 4.82. The topological polar surface area (TPSA) is 15.3 Å². The minimum absolute atomic E-state index is 0.690. The lowest BCUT2D eigenvalue weighted by Crippen LogP contribution is -2.39. The van der Waals surface area contributed by atoms with Crippen LogP contribution in [0.1, 0.15) is 44.6 Å². The highest BCUT2D eigenvalue weighted by molar-refractivity contribution is 5.47. The molecule has 0 spiro atoms. The van der Waals surface area contributed by atoms with E-state index in [1.165, 1.54) is 43.4 Å². The van der Waals surface area contributed by atoms with Crippen molar-refractivity contribution in [3.63, 3.8) is 0 Å². The lowest BCUT2D eigenvalue weighted by molar-refractivity contribution is 0.356. The number of aryl methyl sites for hydroxylation is 1. The molecule has 1 fully saturated rings. The van der Waals surface area contributed by atoms with Crippen molar-refractivity contribution in [2.45, 2.75) is 51.5 Å². The van der Waals surface area contributed by atoms with Gasteiger partial charge in [0.2, 0.25) is 0 Å². The average molecular weight is 274 g/mol. The Bertz CT molecular complexity index is 385. The highest BCUT2D eigenvalue weighted by atomic mass is 15.1. The Balaban J connectivity index is 1.98. The lowest BCUT2D eigenvalue weighted by atomic mass is 9.94. The standard InChI is InChI=1S/C18H30N2/c1-4-15-10-12-17(13-11-15)20(3)14-16-8-6-5-7-9-18(16)19-2/h10-13,16,18-19H,4-9,14H2,1-3H3. The van der Waals surface area contributed by atoms with Crippen LogP contribution in [0.2, 0.25) is 0 Å². The molecule has 2 heteroatoms. The zero-order valence-electron chi connectivity index (χ0n) is 13.4. The number of benzene rings is 1. The zero-order valence-corrected chi connectivity index (χ0v) is 13.4. The van der Waals surface area contributed by atoms with Gasteiger partial charge in [-0.25, -0.2) is 0 Å². The van der Waals surface area contributed by atoms with Crippen molar-refractivity contribution in [1.29, 1.82) is 0 Å². The number of hydrogen-bond acceptors (Lipinski definition) is 2. The van der Waals surface area contributed by atoms with Crippen molar-refractivity contribution in [2.75, 3.05) is 25.5 Å². The molecule has 2 atom stereocenters. The molecule has 0 heterocycles. The molecule has 1 aromatic rings. The van der Waals surface area contributed by atoms with E-state index in [0.29, 0.717) is 6.04 Å². The summed E-state index contributed by atoms with van der Waals surface area (Å²) in [6.45, 7) is 3.37. The first kappa shape index (κ1) is 15.4. The van der Waals surface area contributed by atoms with Gasteiger partial charge < -0.3 is 10.2 Å². The van der Waals surface area contributed by atoms with Crippen LogP contribution in [0.3, 0.4) is 0 Å². The smallest absolute Gasteiger partial charge is 0.0363 e. The summed E-state index contributed by atoms with van der Waals surface area (Å²) in [4.78, 5) is 2.43. The molecule has 0 saturated heterocycles. The first-order chi connectivity index (χ1) is 9.74. The van der Waals surface area contributed by atoms with Gasteiger partial charge in [-0.3, -0.25) is 0 Å². The molecule has 20 heavy (non-hydrogen) atoms. The van der Waals surface area contributed by atoms with Crippen LogP contribution < -0.4 is 10.2 Å². The summed E-state index contributed by atoms with van der Waals surface area (Å²) < 4.78 is 0. The maximum atomic E-state index is 3.54. The Morgan fingerprint density at radius 2 is 1.80 bits per heavy atom. The quantitative estimate of drug-likeness (QED) is 0.820. The first-order valence-corrected chi connectivity index (χ1v) is 8.22. The van der Waals surface area contributed by atoms with Gasteiger partial charge in [0.1, 0.15) is 0 Å². The summed E-state index contributed by atoms with van der Waals surface area (Å²) in [7, 11) is 4.36. The van der Waals surface area contributed by atoms with E-state index >= 15 is 0 Å². The lowest BCUT2D eigenvalue weighted by Gasteiger charge is -2.30. The van der Waals surface area contributed by atoms with E-state index in [1.54, 1.807) is 0 Å². The summed E-state index contributed by atoms with van der Waals surface area (Å²) in [6, 6.07) is 9.74. The van der Waals surface area contributed by atoms with Crippen molar-refractivity contribution in [3.8, 4) is 0 Å². The van der Waals surface area contributed by atoms with E-state index in [4.69, 9.17) is 0 Å². The maximum Gasteiger partial charge on any atom is 0.0363 e. The van der Waals surface area contributed by atoms with Crippen molar-refractivity contribution >= 4 is 5.69 Å². The van der Waals surface area contributed by atoms with Crippen molar-refractivity contribution in [3.05, 3.63) is 29.8 Å². The monoisotopic (exact) mass is 274 g/mol. The minimum Gasteiger partial charge on any atom is -0.374 e. The molecule has 2 nitrogen and oxygen atoms in total. The Morgan fingerprint density at radius 3 is 2.45 bits per heavy atom. The van der Waals surface area contributed by atoms with Gasteiger partial charge in [-0.1, -0.05) is 38.3 Å². The molecule has 1 aromatic carbocycles.